The highest BCUT2D eigenvalue weighted by molar-refractivity contribution is 7.09. The van der Waals surface area contributed by atoms with Gasteiger partial charge in [-0.05, 0) is 26.7 Å². The van der Waals surface area contributed by atoms with E-state index in [4.69, 9.17) is 5.73 Å². The maximum absolute atomic E-state index is 5.96. The van der Waals surface area contributed by atoms with Crippen molar-refractivity contribution in [1.82, 2.24) is 15.0 Å². The average Bonchev–Trinajstić information content (AvgIpc) is 3.15. The quantitative estimate of drug-likeness (QED) is 0.897. The highest BCUT2D eigenvalue weighted by Gasteiger charge is 2.27. The van der Waals surface area contributed by atoms with E-state index >= 15 is 0 Å². The van der Waals surface area contributed by atoms with Crippen molar-refractivity contribution in [2.45, 2.75) is 39.2 Å². The zero-order chi connectivity index (χ0) is 13.4. The third kappa shape index (κ3) is 2.68. The van der Waals surface area contributed by atoms with Crippen molar-refractivity contribution in [3.05, 3.63) is 27.5 Å². The number of anilines is 2. The van der Waals surface area contributed by atoms with Crippen LogP contribution in [-0.4, -0.2) is 15.0 Å². The standard InChI is InChI=1S/C13H17N5S/c1-7-11(14)17-13(9-3-4-9)18-12(7)15-5-10-6-19-8(2)16-10/h6,9H,3-5H2,1-2H3,(H3,14,15,17,18). The Morgan fingerprint density at radius 3 is 2.74 bits per heavy atom. The largest absolute Gasteiger partial charge is 0.383 e. The van der Waals surface area contributed by atoms with Crippen LogP contribution in [0.5, 0.6) is 0 Å². The topological polar surface area (TPSA) is 76.7 Å². The summed E-state index contributed by atoms with van der Waals surface area (Å²) in [6.07, 6.45) is 2.35. The van der Waals surface area contributed by atoms with Gasteiger partial charge < -0.3 is 11.1 Å². The third-order valence-corrected chi connectivity index (χ3v) is 4.07. The van der Waals surface area contributed by atoms with E-state index < -0.39 is 0 Å². The number of nitrogens with one attached hydrogen (secondary N) is 1. The number of nitrogen functional groups attached to an aromatic ring is 1. The van der Waals surface area contributed by atoms with Gasteiger partial charge in [-0.25, -0.2) is 15.0 Å². The first-order chi connectivity index (χ1) is 9.13. The lowest BCUT2D eigenvalue weighted by atomic mass is 10.3. The molecular weight excluding hydrogens is 258 g/mol. The van der Waals surface area contributed by atoms with Crippen molar-refractivity contribution in [2.75, 3.05) is 11.1 Å². The number of aromatic nitrogens is 3. The van der Waals surface area contributed by atoms with Gasteiger partial charge in [0.1, 0.15) is 17.5 Å². The van der Waals surface area contributed by atoms with E-state index in [0.717, 1.165) is 27.9 Å². The van der Waals surface area contributed by atoms with Crippen LogP contribution >= 0.6 is 11.3 Å². The molecule has 6 heteroatoms. The molecule has 3 rings (SSSR count). The third-order valence-electron chi connectivity index (χ3n) is 3.25. The summed E-state index contributed by atoms with van der Waals surface area (Å²) in [7, 11) is 0. The first-order valence-corrected chi connectivity index (χ1v) is 7.30. The van der Waals surface area contributed by atoms with Gasteiger partial charge in [0, 0.05) is 16.9 Å². The van der Waals surface area contributed by atoms with Gasteiger partial charge in [0.05, 0.1) is 17.2 Å². The Balaban J connectivity index is 1.79. The second kappa shape index (κ2) is 4.77. The molecule has 0 aliphatic heterocycles. The van der Waals surface area contributed by atoms with Gasteiger partial charge in [-0.1, -0.05) is 0 Å². The molecule has 0 bridgehead atoms. The van der Waals surface area contributed by atoms with Gasteiger partial charge in [0.15, 0.2) is 0 Å². The number of nitrogens with zero attached hydrogens (tertiary/aromatic N) is 3. The minimum absolute atomic E-state index is 0.505. The predicted molar refractivity (Wildman–Crippen MR) is 77.3 cm³/mol. The molecule has 2 aromatic rings. The first-order valence-electron chi connectivity index (χ1n) is 6.42. The number of hydrogen-bond acceptors (Lipinski definition) is 6. The Bertz CT molecular complexity index is 603. The molecule has 1 fully saturated rings. The van der Waals surface area contributed by atoms with E-state index in [1.54, 1.807) is 11.3 Å². The highest BCUT2D eigenvalue weighted by atomic mass is 32.1. The number of hydrogen-bond donors (Lipinski definition) is 2. The van der Waals surface area contributed by atoms with E-state index in [1.807, 2.05) is 13.8 Å². The van der Waals surface area contributed by atoms with Gasteiger partial charge in [0.2, 0.25) is 0 Å². The van der Waals surface area contributed by atoms with Crippen molar-refractivity contribution < 1.29 is 0 Å². The summed E-state index contributed by atoms with van der Waals surface area (Å²) in [6.45, 7) is 4.62. The molecule has 0 atom stereocenters. The number of rotatable bonds is 4. The van der Waals surface area contributed by atoms with Crippen molar-refractivity contribution >= 4 is 23.0 Å². The molecule has 1 aliphatic carbocycles. The van der Waals surface area contributed by atoms with E-state index in [1.165, 1.54) is 12.8 Å². The van der Waals surface area contributed by atoms with Crippen LogP contribution in [0.3, 0.4) is 0 Å². The Kier molecular flexibility index (Phi) is 3.10. The molecular formula is C13H17N5S. The molecule has 0 amide bonds. The molecule has 19 heavy (non-hydrogen) atoms. The van der Waals surface area contributed by atoms with Gasteiger partial charge in [-0.2, -0.15) is 0 Å². The Morgan fingerprint density at radius 1 is 1.32 bits per heavy atom. The highest BCUT2D eigenvalue weighted by Crippen LogP contribution is 2.39. The number of aryl methyl sites for hydroxylation is 1. The lowest BCUT2D eigenvalue weighted by Gasteiger charge is -2.11. The fraction of sp³-hybridized carbons (Fsp3) is 0.462. The number of nitrogens with two attached hydrogens (primary N) is 1. The molecule has 1 aliphatic rings. The molecule has 1 saturated carbocycles. The van der Waals surface area contributed by atoms with Gasteiger partial charge in [-0.15, -0.1) is 11.3 Å². The summed E-state index contributed by atoms with van der Waals surface area (Å²) >= 11 is 1.66. The Hall–Kier alpha value is -1.69. The Labute approximate surface area is 116 Å². The molecule has 0 aromatic carbocycles. The van der Waals surface area contributed by atoms with Gasteiger partial charge in [0.25, 0.3) is 0 Å². The fourth-order valence-electron chi connectivity index (χ4n) is 1.91. The van der Waals surface area contributed by atoms with Crippen LogP contribution in [0.15, 0.2) is 5.38 Å². The van der Waals surface area contributed by atoms with Crippen LogP contribution in [0.2, 0.25) is 0 Å². The van der Waals surface area contributed by atoms with E-state index in [-0.39, 0.29) is 0 Å². The van der Waals surface area contributed by atoms with Crippen molar-refractivity contribution in [3.63, 3.8) is 0 Å². The molecule has 0 unspecified atom stereocenters. The molecule has 2 heterocycles. The molecule has 0 saturated heterocycles. The fourth-order valence-corrected chi connectivity index (χ4v) is 2.52. The monoisotopic (exact) mass is 275 g/mol. The summed E-state index contributed by atoms with van der Waals surface area (Å²) in [5.74, 6) is 2.79. The number of thiazole rings is 1. The maximum atomic E-state index is 5.96. The summed E-state index contributed by atoms with van der Waals surface area (Å²) in [5.41, 5.74) is 7.90. The van der Waals surface area contributed by atoms with E-state index in [0.29, 0.717) is 18.3 Å². The van der Waals surface area contributed by atoms with E-state index in [9.17, 15) is 0 Å². The average molecular weight is 275 g/mol. The van der Waals surface area contributed by atoms with Crippen molar-refractivity contribution in [2.24, 2.45) is 0 Å². The minimum Gasteiger partial charge on any atom is -0.383 e. The minimum atomic E-state index is 0.505. The van der Waals surface area contributed by atoms with Crippen molar-refractivity contribution in [3.8, 4) is 0 Å². The second-order valence-electron chi connectivity index (χ2n) is 4.93. The maximum Gasteiger partial charge on any atom is 0.136 e. The molecule has 0 spiro atoms. The van der Waals surface area contributed by atoms with Crippen LogP contribution in [-0.2, 0) is 6.54 Å². The van der Waals surface area contributed by atoms with E-state index in [2.05, 4.69) is 25.6 Å². The zero-order valence-electron chi connectivity index (χ0n) is 11.1. The zero-order valence-corrected chi connectivity index (χ0v) is 11.9. The lowest BCUT2D eigenvalue weighted by Crippen LogP contribution is -2.09. The van der Waals surface area contributed by atoms with Crippen LogP contribution in [0.25, 0.3) is 0 Å². The molecule has 0 radical (unpaired) electrons. The molecule has 2 aromatic heterocycles. The van der Waals surface area contributed by atoms with Crippen LogP contribution in [0, 0.1) is 13.8 Å². The van der Waals surface area contributed by atoms with Gasteiger partial charge in [-0.3, -0.25) is 0 Å². The van der Waals surface area contributed by atoms with Gasteiger partial charge >= 0.3 is 0 Å². The molecule has 3 N–H and O–H groups in total. The summed E-state index contributed by atoms with van der Waals surface area (Å²) in [4.78, 5) is 13.4. The van der Waals surface area contributed by atoms with Crippen LogP contribution in [0.4, 0.5) is 11.6 Å². The lowest BCUT2D eigenvalue weighted by molar-refractivity contribution is 0.913. The SMILES string of the molecule is Cc1nc(CNc2nc(C3CC3)nc(N)c2C)cs1. The Morgan fingerprint density at radius 2 is 2.11 bits per heavy atom. The summed E-state index contributed by atoms with van der Waals surface area (Å²) in [5, 5.41) is 6.46. The van der Waals surface area contributed by atoms with Crippen molar-refractivity contribution in [1.29, 1.82) is 0 Å². The molecule has 5 nitrogen and oxygen atoms in total. The van der Waals surface area contributed by atoms with Crippen LogP contribution in [0.1, 0.15) is 40.8 Å². The van der Waals surface area contributed by atoms with Crippen LogP contribution < -0.4 is 11.1 Å². The predicted octanol–water partition coefficient (Wildman–Crippen LogP) is 2.62. The smallest absolute Gasteiger partial charge is 0.136 e. The molecule has 100 valence electrons. The normalized spacial score (nSPS) is 14.6. The second-order valence-corrected chi connectivity index (χ2v) is 5.99. The first kappa shape index (κ1) is 12.3. The summed E-state index contributed by atoms with van der Waals surface area (Å²) < 4.78 is 0. The summed E-state index contributed by atoms with van der Waals surface area (Å²) in [6, 6.07) is 0.